The Morgan fingerprint density at radius 3 is 2.31 bits per heavy atom. The van der Waals surface area contributed by atoms with Crippen molar-refractivity contribution in [3.63, 3.8) is 0 Å². The zero-order valence-electron chi connectivity index (χ0n) is 6.50. The molecular formula is C7H7Br2NO2S. The van der Waals surface area contributed by atoms with E-state index >= 15 is 0 Å². The number of nitrogens with two attached hydrogens (primary N) is 1. The zero-order chi connectivity index (χ0) is 10.1. The van der Waals surface area contributed by atoms with Crippen molar-refractivity contribution in [2.75, 3.05) is 0 Å². The van der Waals surface area contributed by atoms with Crippen LogP contribution in [0.25, 0.3) is 0 Å². The largest absolute Gasteiger partial charge is 0.228 e. The molecular weight excluding hydrogens is 322 g/mol. The standard InChI is InChI=1S/C7H7Br2NO2S/c8-6-2-1-5(3-7(6)9)4-13(10,11)12/h1-3H,4H2,(H2,10,11,12). The fourth-order valence-electron chi connectivity index (χ4n) is 0.862. The molecule has 0 atom stereocenters. The van der Waals surface area contributed by atoms with Gasteiger partial charge in [0.05, 0.1) is 5.75 Å². The lowest BCUT2D eigenvalue weighted by molar-refractivity contribution is 0.597. The fourth-order valence-corrected chi connectivity index (χ4v) is 2.18. The van der Waals surface area contributed by atoms with Crippen molar-refractivity contribution in [1.29, 1.82) is 0 Å². The van der Waals surface area contributed by atoms with Gasteiger partial charge in [0.1, 0.15) is 0 Å². The molecule has 2 N–H and O–H groups in total. The van der Waals surface area contributed by atoms with Crippen LogP contribution >= 0.6 is 31.9 Å². The molecule has 0 spiro atoms. The summed E-state index contributed by atoms with van der Waals surface area (Å²) in [6.07, 6.45) is 0. The Morgan fingerprint density at radius 1 is 1.23 bits per heavy atom. The van der Waals surface area contributed by atoms with Crippen LogP contribution in [0.4, 0.5) is 0 Å². The van der Waals surface area contributed by atoms with Gasteiger partial charge in [0.2, 0.25) is 10.0 Å². The third-order valence-electron chi connectivity index (χ3n) is 1.35. The molecule has 1 aromatic rings. The average molecular weight is 329 g/mol. The second kappa shape index (κ2) is 4.08. The number of hydrogen-bond acceptors (Lipinski definition) is 2. The molecule has 0 fully saturated rings. The van der Waals surface area contributed by atoms with E-state index < -0.39 is 10.0 Å². The summed E-state index contributed by atoms with van der Waals surface area (Å²) < 4.78 is 23.2. The zero-order valence-corrected chi connectivity index (χ0v) is 10.5. The summed E-state index contributed by atoms with van der Waals surface area (Å²) in [5, 5.41) is 4.90. The third kappa shape index (κ3) is 3.76. The van der Waals surface area contributed by atoms with Gasteiger partial charge in [0.15, 0.2) is 0 Å². The van der Waals surface area contributed by atoms with Crippen molar-refractivity contribution in [2.45, 2.75) is 5.75 Å². The van der Waals surface area contributed by atoms with Crippen LogP contribution in [-0.2, 0) is 15.8 Å². The second-order valence-electron chi connectivity index (χ2n) is 2.56. The van der Waals surface area contributed by atoms with Crippen LogP contribution in [0.2, 0.25) is 0 Å². The third-order valence-corrected chi connectivity index (χ3v) is 3.97. The summed E-state index contributed by atoms with van der Waals surface area (Å²) in [6.45, 7) is 0. The lowest BCUT2D eigenvalue weighted by atomic mass is 10.2. The van der Waals surface area contributed by atoms with E-state index in [9.17, 15) is 8.42 Å². The van der Waals surface area contributed by atoms with E-state index in [4.69, 9.17) is 5.14 Å². The van der Waals surface area contributed by atoms with E-state index in [0.717, 1.165) is 8.95 Å². The summed E-state index contributed by atoms with van der Waals surface area (Å²) >= 11 is 6.55. The molecule has 0 unspecified atom stereocenters. The van der Waals surface area contributed by atoms with E-state index in [0.29, 0.717) is 5.56 Å². The van der Waals surface area contributed by atoms with E-state index in [2.05, 4.69) is 31.9 Å². The lowest BCUT2D eigenvalue weighted by Crippen LogP contribution is -2.14. The van der Waals surface area contributed by atoms with Gasteiger partial charge >= 0.3 is 0 Å². The van der Waals surface area contributed by atoms with Crippen LogP contribution < -0.4 is 5.14 Å². The van der Waals surface area contributed by atoms with Gasteiger partial charge in [-0.15, -0.1) is 0 Å². The van der Waals surface area contributed by atoms with Gasteiger partial charge in [0.25, 0.3) is 0 Å². The normalized spacial score (nSPS) is 11.6. The first-order valence-electron chi connectivity index (χ1n) is 3.33. The number of sulfonamides is 1. The Kier molecular flexibility index (Phi) is 3.50. The Hall–Kier alpha value is 0.0900. The van der Waals surface area contributed by atoms with Crippen molar-refractivity contribution < 1.29 is 8.42 Å². The van der Waals surface area contributed by atoms with Crippen LogP contribution in [0.3, 0.4) is 0 Å². The molecule has 0 saturated heterocycles. The number of benzene rings is 1. The highest BCUT2D eigenvalue weighted by molar-refractivity contribution is 9.13. The molecule has 0 radical (unpaired) electrons. The first kappa shape index (κ1) is 11.2. The summed E-state index contributed by atoms with van der Waals surface area (Å²) in [6, 6.07) is 5.19. The minimum atomic E-state index is -3.44. The highest BCUT2D eigenvalue weighted by Crippen LogP contribution is 2.24. The van der Waals surface area contributed by atoms with Crippen molar-refractivity contribution in [1.82, 2.24) is 0 Å². The average Bonchev–Trinajstić information content (AvgIpc) is 1.94. The van der Waals surface area contributed by atoms with Gasteiger partial charge in [-0.05, 0) is 49.6 Å². The van der Waals surface area contributed by atoms with Gasteiger partial charge in [-0.25, -0.2) is 13.6 Å². The van der Waals surface area contributed by atoms with Crippen LogP contribution in [0.1, 0.15) is 5.56 Å². The van der Waals surface area contributed by atoms with E-state index in [-0.39, 0.29) is 5.75 Å². The number of primary sulfonamides is 1. The van der Waals surface area contributed by atoms with Crippen molar-refractivity contribution in [3.8, 4) is 0 Å². The monoisotopic (exact) mass is 327 g/mol. The van der Waals surface area contributed by atoms with Gasteiger partial charge < -0.3 is 0 Å². The summed E-state index contributed by atoms with van der Waals surface area (Å²) in [5.41, 5.74) is 0.664. The van der Waals surface area contributed by atoms with E-state index in [1.165, 1.54) is 0 Å². The summed E-state index contributed by atoms with van der Waals surface area (Å²) in [7, 11) is -3.44. The van der Waals surface area contributed by atoms with E-state index in [1.54, 1.807) is 18.2 Å². The maximum Gasteiger partial charge on any atom is 0.213 e. The molecule has 0 saturated carbocycles. The summed E-state index contributed by atoms with van der Waals surface area (Å²) in [4.78, 5) is 0. The Labute approximate surface area is 93.6 Å². The summed E-state index contributed by atoms with van der Waals surface area (Å²) in [5.74, 6) is -0.140. The predicted molar refractivity (Wildman–Crippen MR) is 58.7 cm³/mol. The van der Waals surface area contributed by atoms with Gasteiger partial charge in [-0.1, -0.05) is 6.07 Å². The molecule has 0 bridgehead atoms. The molecule has 13 heavy (non-hydrogen) atoms. The quantitative estimate of drug-likeness (QED) is 0.902. The van der Waals surface area contributed by atoms with Gasteiger partial charge in [-0.3, -0.25) is 0 Å². The maximum atomic E-state index is 10.7. The highest BCUT2D eigenvalue weighted by Gasteiger charge is 2.06. The molecule has 0 aromatic heterocycles. The Balaban J connectivity index is 2.99. The number of hydrogen-bond donors (Lipinski definition) is 1. The molecule has 1 rings (SSSR count). The molecule has 1 aromatic carbocycles. The SMILES string of the molecule is NS(=O)(=O)Cc1ccc(Br)c(Br)c1. The van der Waals surface area contributed by atoms with Crippen molar-refractivity contribution in [3.05, 3.63) is 32.7 Å². The smallest absolute Gasteiger partial charge is 0.213 e. The van der Waals surface area contributed by atoms with Crippen LogP contribution in [-0.4, -0.2) is 8.42 Å². The predicted octanol–water partition coefficient (Wildman–Crippen LogP) is 2.00. The van der Waals surface area contributed by atoms with Crippen LogP contribution in [0, 0.1) is 0 Å². The first-order chi connectivity index (χ1) is 5.88. The minimum Gasteiger partial charge on any atom is -0.228 e. The van der Waals surface area contributed by atoms with Gasteiger partial charge in [-0.2, -0.15) is 0 Å². The molecule has 0 aliphatic rings. The molecule has 0 aliphatic heterocycles. The van der Waals surface area contributed by atoms with Gasteiger partial charge in [0, 0.05) is 8.95 Å². The fraction of sp³-hybridized carbons (Fsp3) is 0.143. The molecule has 3 nitrogen and oxygen atoms in total. The van der Waals surface area contributed by atoms with Crippen molar-refractivity contribution >= 4 is 41.9 Å². The first-order valence-corrected chi connectivity index (χ1v) is 6.63. The Morgan fingerprint density at radius 2 is 1.85 bits per heavy atom. The topological polar surface area (TPSA) is 60.2 Å². The van der Waals surface area contributed by atoms with Crippen LogP contribution in [0.5, 0.6) is 0 Å². The maximum absolute atomic E-state index is 10.7. The lowest BCUT2D eigenvalue weighted by Gasteiger charge is -2.01. The van der Waals surface area contributed by atoms with Crippen molar-refractivity contribution in [2.24, 2.45) is 5.14 Å². The number of halogens is 2. The second-order valence-corrected chi connectivity index (χ2v) is 5.88. The Bertz CT molecular complexity index is 417. The minimum absolute atomic E-state index is 0.140. The molecule has 0 heterocycles. The molecule has 0 amide bonds. The highest BCUT2D eigenvalue weighted by atomic mass is 79.9. The van der Waals surface area contributed by atoms with Crippen LogP contribution in [0.15, 0.2) is 27.1 Å². The molecule has 0 aliphatic carbocycles. The molecule has 72 valence electrons. The molecule has 6 heteroatoms. The number of rotatable bonds is 2. The van der Waals surface area contributed by atoms with E-state index in [1.807, 2.05) is 0 Å².